The van der Waals surface area contributed by atoms with E-state index in [4.69, 9.17) is 5.73 Å². The Morgan fingerprint density at radius 3 is 2.55 bits per heavy atom. The molecule has 1 aromatic heterocycles. The van der Waals surface area contributed by atoms with Gasteiger partial charge in [0.1, 0.15) is 10.7 Å². The first-order valence-electron chi connectivity index (χ1n) is 5.68. The molecular formula is C12H13FN4O2S. The highest BCUT2D eigenvalue weighted by Gasteiger charge is 2.21. The number of nitrogens with zero attached hydrogens (tertiary/aromatic N) is 3. The van der Waals surface area contributed by atoms with Crippen LogP contribution in [-0.2, 0) is 16.6 Å². The highest BCUT2D eigenvalue weighted by atomic mass is 32.2. The molecule has 2 rings (SSSR count). The highest BCUT2D eigenvalue weighted by Crippen LogP contribution is 2.16. The molecule has 106 valence electrons. The van der Waals surface area contributed by atoms with Crippen molar-refractivity contribution < 1.29 is 12.8 Å². The van der Waals surface area contributed by atoms with Gasteiger partial charge in [0, 0.05) is 13.6 Å². The van der Waals surface area contributed by atoms with E-state index in [0.29, 0.717) is 5.56 Å². The first kappa shape index (κ1) is 14.4. The molecule has 2 N–H and O–H groups in total. The Morgan fingerprint density at radius 2 is 1.95 bits per heavy atom. The van der Waals surface area contributed by atoms with Crippen molar-refractivity contribution in [2.24, 2.45) is 0 Å². The number of hydrogen-bond acceptors (Lipinski definition) is 5. The van der Waals surface area contributed by atoms with Gasteiger partial charge in [-0.25, -0.2) is 22.8 Å². The van der Waals surface area contributed by atoms with Crippen LogP contribution in [0, 0.1) is 5.82 Å². The maximum Gasteiger partial charge on any atom is 0.246 e. The molecular weight excluding hydrogens is 283 g/mol. The molecule has 0 unspecified atom stereocenters. The lowest BCUT2D eigenvalue weighted by atomic mass is 10.2. The summed E-state index contributed by atoms with van der Waals surface area (Å²) in [6.45, 7) is 0.0461. The number of nitrogen functional groups attached to an aromatic ring is 1. The minimum Gasteiger partial charge on any atom is -0.368 e. The second-order valence-corrected chi connectivity index (χ2v) is 6.21. The van der Waals surface area contributed by atoms with E-state index in [1.807, 2.05) is 0 Å². The summed E-state index contributed by atoms with van der Waals surface area (Å²) >= 11 is 0. The minimum atomic E-state index is -3.74. The predicted octanol–water partition coefficient (Wildman–Crippen LogP) is 1.02. The van der Waals surface area contributed by atoms with E-state index in [1.54, 1.807) is 6.07 Å². The van der Waals surface area contributed by atoms with Gasteiger partial charge in [-0.1, -0.05) is 12.1 Å². The van der Waals surface area contributed by atoms with E-state index in [1.165, 1.54) is 25.2 Å². The second-order valence-electron chi connectivity index (χ2n) is 4.17. The van der Waals surface area contributed by atoms with E-state index in [2.05, 4.69) is 9.97 Å². The maximum absolute atomic E-state index is 13.1. The van der Waals surface area contributed by atoms with Crippen LogP contribution in [0.1, 0.15) is 5.56 Å². The monoisotopic (exact) mass is 296 g/mol. The van der Waals surface area contributed by atoms with E-state index in [0.717, 1.165) is 16.7 Å². The van der Waals surface area contributed by atoms with Crippen LogP contribution in [0.2, 0.25) is 0 Å². The van der Waals surface area contributed by atoms with Crippen molar-refractivity contribution in [3.05, 3.63) is 48.0 Å². The van der Waals surface area contributed by atoms with Gasteiger partial charge in [-0.2, -0.15) is 4.31 Å². The third kappa shape index (κ3) is 3.09. The standard InChI is InChI=1S/C12H13FN4O2S/c1-17(8-9-3-2-4-10(13)5-9)20(18,19)11-6-15-12(14)16-7-11/h2-7H,8H2,1H3,(H2,14,15,16). The van der Waals surface area contributed by atoms with E-state index < -0.39 is 15.8 Å². The third-order valence-electron chi connectivity index (χ3n) is 2.65. The van der Waals surface area contributed by atoms with Gasteiger partial charge in [-0.15, -0.1) is 0 Å². The summed E-state index contributed by atoms with van der Waals surface area (Å²) in [6.07, 6.45) is 2.28. The number of anilines is 1. The van der Waals surface area contributed by atoms with Crippen LogP contribution in [0.3, 0.4) is 0 Å². The molecule has 0 fully saturated rings. The van der Waals surface area contributed by atoms with Crippen LogP contribution in [0.25, 0.3) is 0 Å². The molecule has 20 heavy (non-hydrogen) atoms. The largest absolute Gasteiger partial charge is 0.368 e. The molecule has 0 aliphatic heterocycles. The van der Waals surface area contributed by atoms with Gasteiger partial charge in [-0.3, -0.25) is 0 Å². The van der Waals surface area contributed by atoms with Crippen LogP contribution in [0.4, 0.5) is 10.3 Å². The minimum absolute atomic E-state index is 0.00302. The van der Waals surface area contributed by atoms with Crippen LogP contribution < -0.4 is 5.73 Å². The van der Waals surface area contributed by atoms with Crippen molar-refractivity contribution in [1.82, 2.24) is 14.3 Å². The summed E-state index contributed by atoms with van der Waals surface area (Å²) in [4.78, 5) is 7.24. The van der Waals surface area contributed by atoms with Crippen molar-refractivity contribution in [2.75, 3.05) is 12.8 Å². The molecule has 0 bridgehead atoms. The van der Waals surface area contributed by atoms with Gasteiger partial charge in [-0.05, 0) is 17.7 Å². The topological polar surface area (TPSA) is 89.2 Å². The Labute approximate surface area is 116 Å². The summed E-state index contributed by atoms with van der Waals surface area (Å²) in [6, 6.07) is 5.75. The molecule has 0 atom stereocenters. The summed E-state index contributed by atoms with van der Waals surface area (Å²) < 4.78 is 38.7. The Kier molecular flexibility index (Phi) is 3.96. The quantitative estimate of drug-likeness (QED) is 0.909. The Morgan fingerprint density at radius 1 is 1.30 bits per heavy atom. The second kappa shape index (κ2) is 5.51. The van der Waals surface area contributed by atoms with Crippen molar-refractivity contribution in [2.45, 2.75) is 11.4 Å². The number of sulfonamides is 1. The Balaban J connectivity index is 2.23. The van der Waals surface area contributed by atoms with Crippen molar-refractivity contribution in [3.8, 4) is 0 Å². The lowest BCUT2D eigenvalue weighted by Gasteiger charge is -2.16. The number of rotatable bonds is 4. The van der Waals surface area contributed by atoms with Crippen LogP contribution in [0.15, 0.2) is 41.6 Å². The summed E-state index contributed by atoms with van der Waals surface area (Å²) in [7, 11) is -2.34. The predicted molar refractivity (Wildman–Crippen MR) is 71.5 cm³/mol. The summed E-state index contributed by atoms with van der Waals surface area (Å²) in [5.41, 5.74) is 5.86. The van der Waals surface area contributed by atoms with Gasteiger partial charge in [0.15, 0.2) is 0 Å². The maximum atomic E-state index is 13.1. The summed E-state index contributed by atoms with van der Waals surface area (Å²) in [5, 5.41) is 0. The number of benzene rings is 1. The van der Waals surface area contributed by atoms with E-state index >= 15 is 0 Å². The van der Waals surface area contributed by atoms with E-state index in [9.17, 15) is 12.8 Å². The fraction of sp³-hybridized carbons (Fsp3) is 0.167. The SMILES string of the molecule is CN(Cc1cccc(F)c1)S(=O)(=O)c1cnc(N)nc1. The molecule has 0 radical (unpaired) electrons. The normalized spacial score (nSPS) is 11.8. The van der Waals surface area contributed by atoms with Crippen molar-refractivity contribution in [3.63, 3.8) is 0 Å². The zero-order valence-electron chi connectivity index (χ0n) is 10.7. The average molecular weight is 296 g/mol. The molecule has 6 nitrogen and oxygen atoms in total. The Bertz CT molecular complexity index is 704. The van der Waals surface area contributed by atoms with Crippen LogP contribution in [0.5, 0.6) is 0 Å². The van der Waals surface area contributed by atoms with Gasteiger partial charge >= 0.3 is 0 Å². The lowest BCUT2D eigenvalue weighted by Crippen LogP contribution is -2.26. The fourth-order valence-electron chi connectivity index (χ4n) is 1.62. The zero-order valence-corrected chi connectivity index (χ0v) is 11.5. The molecule has 1 aromatic carbocycles. The zero-order chi connectivity index (χ0) is 14.8. The molecule has 1 heterocycles. The molecule has 8 heteroatoms. The number of nitrogens with two attached hydrogens (primary N) is 1. The first-order chi connectivity index (χ1) is 9.39. The third-order valence-corrected chi connectivity index (χ3v) is 4.41. The molecule has 0 saturated heterocycles. The molecule has 0 aliphatic carbocycles. The lowest BCUT2D eigenvalue weighted by molar-refractivity contribution is 0.465. The fourth-order valence-corrected chi connectivity index (χ4v) is 2.67. The number of aromatic nitrogens is 2. The van der Waals surface area contributed by atoms with Gasteiger partial charge in [0.2, 0.25) is 16.0 Å². The number of hydrogen-bond donors (Lipinski definition) is 1. The first-order valence-corrected chi connectivity index (χ1v) is 7.12. The molecule has 0 saturated carbocycles. The van der Waals surface area contributed by atoms with E-state index in [-0.39, 0.29) is 17.4 Å². The average Bonchev–Trinajstić information content (AvgIpc) is 2.39. The molecule has 2 aromatic rings. The summed E-state index contributed by atoms with van der Waals surface area (Å²) in [5.74, 6) is -0.416. The van der Waals surface area contributed by atoms with Crippen LogP contribution >= 0.6 is 0 Å². The highest BCUT2D eigenvalue weighted by molar-refractivity contribution is 7.89. The molecule has 0 spiro atoms. The Hall–Kier alpha value is -2.06. The molecule has 0 amide bonds. The van der Waals surface area contributed by atoms with Gasteiger partial charge < -0.3 is 5.73 Å². The van der Waals surface area contributed by atoms with Gasteiger partial charge in [0.25, 0.3) is 0 Å². The smallest absolute Gasteiger partial charge is 0.246 e. The van der Waals surface area contributed by atoms with Crippen LogP contribution in [-0.4, -0.2) is 29.7 Å². The molecule has 0 aliphatic rings. The number of halogens is 1. The van der Waals surface area contributed by atoms with Crippen molar-refractivity contribution >= 4 is 16.0 Å². The van der Waals surface area contributed by atoms with Crippen molar-refractivity contribution in [1.29, 1.82) is 0 Å². The van der Waals surface area contributed by atoms with Gasteiger partial charge in [0.05, 0.1) is 12.4 Å².